The summed E-state index contributed by atoms with van der Waals surface area (Å²) in [6.45, 7) is 11.3. The van der Waals surface area contributed by atoms with Crippen molar-refractivity contribution < 1.29 is 18.0 Å². The smallest absolute Gasteiger partial charge is 0.244 e. The highest BCUT2D eigenvalue weighted by atomic mass is 32.2. The van der Waals surface area contributed by atoms with E-state index in [-0.39, 0.29) is 25.0 Å². The zero-order valence-electron chi connectivity index (χ0n) is 22.0. The Morgan fingerprint density at radius 1 is 0.914 bits per heavy atom. The summed E-state index contributed by atoms with van der Waals surface area (Å²) < 4.78 is 26.6. The van der Waals surface area contributed by atoms with Crippen LogP contribution >= 0.6 is 0 Å². The number of hydrogen-bond acceptors (Lipinski definition) is 4. The van der Waals surface area contributed by atoms with Crippen LogP contribution in [0.4, 0.5) is 5.69 Å². The van der Waals surface area contributed by atoms with Gasteiger partial charge in [0.25, 0.3) is 0 Å². The van der Waals surface area contributed by atoms with Gasteiger partial charge in [-0.3, -0.25) is 13.9 Å². The number of rotatable bonds is 11. The minimum absolute atomic E-state index is 0.0318. The molecule has 0 saturated carbocycles. The van der Waals surface area contributed by atoms with E-state index in [0.29, 0.717) is 12.1 Å². The van der Waals surface area contributed by atoms with Crippen LogP contribution in [0.15, 0.2) is 42.5 Å². The molecule has 0 aliphatic rings. The van der Waals surface area contributed by atoms with Crippen molar-refractivity contribution in [2.24, 2.45) is 0 Å². The van der Waals surface area contributed by atoms with Crippen molar-refractivity contribution in [3.05, 3.63) is 64.7 Å². The zero-order chi connectivity index (χ0) is 26.3. The van der Waals surface area contributed by atoms with Crippen LogP contribution in [0.3, 0.4) is 0 Å². The van der Waals surface area contributed by atoms with E-state index in [4.69, 9.17) is 0 Å². The quantitative estimate of drug-likeness (QED) is 0.502. The molecule has 1 N–H and O–H groups in total. The van der Waals surface area contributed by atoms with Gasteiger partial charge in [0.2, 0.25) is 21.8 Å². The maximum absolute atomic E-state index is 13.7. The van der Waals surface area contributed by atoms with Crippen LogP contribution in [0.1, 0.15) is 55.9 Å². The predicted octanol–water partition coefficient (Wildman–Crippen LogP) is 4.10. The van der Waals surface area contributed by atoms with Gasteiger partial charge >= 0.3 is 0 Å². The SMILES string of the molecule is CC[C@@H](C)NC(=O)[C@H](CC)N(Cc1ccc(C)cc1)C(=O)CN(c1cc(C)cc(C)c1)S(C)(=O)=O. The number of benzene rings is 2. The second-order valence-electron chi connectivity index (χ2n) is 9.36. The first-order chi connectivity index (χ1) is 16.3. The molecule has 2 amide bonds. The maximum atomic E-state index is 13.7. The number of aryl methyl sites for hydroxylation is 3. The van der Waals surface area contributed by atoms with Crippen LogP contribution in [-0.2, 0) is 26.2 Å². The average molecular weight is 502 g/mol. The normalized spacial score (nSPS) is 13.1. The number of nitrogens with zero attached hydrogens (tertiary/aromatic N) is 2. The fourth-order valence-electron chi connectivity index (χ4n) is 3.96. The molecule has 2 aromatic carbocycles. The third kappa shape index (κ3) is 8.09. The maximum Gasteiger partial charge on any atom is 0.244 e. The molecule has 0 saturated heterocycles. The van der Waals surface area contributed by atoms with Crippen LogP contribution in [0.25, 0.3) is 0 Å². The van der Waals surface area contributed by atoms with Crippen molar-refractivity contribution >= 4 is 27.5 Å². The number of carbonyl (C=O) groups excluding carboxylic acids is 2. The lowest BCUT2D eigenvalue weighted by Gasteiger charge is -2.33. The second-order valence-corrected chi connectivity index (χ2v) is 11.3. The van der Waals surface area contributed by atoms with Gasteiger partial charge in [0, 0.05) is 12.6 Å². The highest BCUT2D eigenvalue weighted by Crippen LogP contribution is 2.22. The van der Waals surface area contributed by atoms with Crippen molar-refractivity contribution in [2.75, 3.05) is 17.1 Å². The lowest BCUT2D eigenvalue weighted by molar-refractivity contribution is -0.140. The molecule has 2 atom stereocenters. The minimum atomic E-state index is -3.75. The van der Waals surface area contributed by atoms with Crippen molar-refractivity contribution in [3.8, 4) is 0 Å². The van der Waals surface area contributed by atoms with Gasteiger partial charge in [-0.05, 0) is 69.4 Å². The van der Waals surface area contributed by atoms with E-state index < -0.39 is 22.0 Å². The minimum Gasteiger partial charge on any atom is -0.352 e. The lowest BCUT2D eigenvalue weighted by Crippen LogP contribution is -2.53. The summed E-state index contributed by atoms with van der Waals surface area (Å²) in [7, 11) is -3.75. The Morgan fingerprint density at radius 2 is 1.49 bits per heavy atom. The first-order valence-corrected chi connectivity index (χ1v) is 13.9. The Labute approximate surface area is 210 Å². The fraction of sp³-hybridized carbons (Fsp3) is 0.481. The van der Waals surface area contributed by atoms with E-state index >= 15 is 0 Å². The predicted molar refractivity (Wildman–Crippen MR) is 142 cm³/mol. The van der Waals surface area contributed by atoms with E-state index in [0.717, 1.165) is 39.2 Å². The number of amides is 2. The molecular weight excluding hydrogens is 462 g/mol. The first-order valence-electron chi connectivity index (χ1n) is 12.1. The summed E-state index contributed by atoms with van der Waals surface area (Å²) in [5.74, 6) is -0.666. The van der Waals surface area contributed by atoms with Gasteiger partial charge in [-0.15, -0.1) is 0 Å². The van der Waals surface area contributed by atoms with Crippen molar-refractivity contribution in [2.45, 2.75) is 73.0 Å². The topological polar surface area (TPSA) is 86.8 Å². The summed E-state index contributed by atoms with van der Waals surface area (Å²) in [4.78, 5) is 28.4. The summed E-state index contributed by atoms with van der Waals surface area (Å²) >= 11 is 0. The van der Waals surface area contributed by atoms with E-state index in [9.17, 15) is 18.0 Å². The molecule has 0 spiro atoms. The van der Waals surface area contributed by atoms with Crippen LogP contribution in [0, 0.1) is 20.8 Å². The van der Waals surface area contributed by atoms with Gasteiger partial charge in [-0.1, -0.05) is 49.7 Å². The van der Waals surface area contributed by atoms with Gasteiger partial charge in [-0.25, -0.2) is 8.42 Å². The molecule has 0 aliphatic carbocycles. The number of anilines is 1. The standard InChI is InChI=1S/C27H39N3O4S/c1-8-22(6)28-27(32)25(9-2)29(17-23-12-10-19(3)11-13-23)26(31)18-30(35(7,33)34)24-15-20(4)14-21(5)16-24/h10-16,22,25H,8-9,17-18H2,1-7H3,(H,28,32)/t22-,25+/m1/s1. The molecular formula is C27H39N3O4S. The second kappa shape index (κ2) is 12.2. The largest absolute Gasteiger partial charge is 0.352 e. The molecule has 0 aliphatic heterocycles. The van der Waals surface area contributed by atoms with Gasteiger partial charge in [-0.2, -0.15) is 0 Å². The van der Waals surface area contributed by atoms with Crippen molar-refractivity contribution in [3.63, 3.8) is 0 Å². The molecule has 0 heterocycles. The van der Waals surface area contributed by atoms with Crippen molar-refractivity contribution in [1.82, 2.24) is 10.2 Å². The lowest BCUT2D eigenvalue weighted by atomic mass is 10.1. The Morgan fingerprint density at radius 3 is 1.97 bits per heavy atom. The Bertz CT molecular complexity index is 1110. The molecule has 0 unspecified atom stereocenters. The molecule has 2 rings (SSSR count). The Balaban J connectivity index is 2.46. The van der Waals surface area contributed by atoms with Crippen LogP contribution in [0.2, 0.25) is 0 Å². The third-order valence-corrected chi connectivity index (χ3v) is 7.17. The van der Waals surface area contributed by atoms with E-state index in [1.165, 1.54) is 4.90 Å². The highest BCUT2D eigenvalue weighted by molar-refractivity contribution is 7.92. The molecule has 2 aromatic rings. The van der Waals surface area contributed by atoms with E-state index in [2.05, 4.69) is 5.32 Å². The van der Waals surface area contributed by atoms with Crippen LogP contribution in [0.5, 0.6) is 0 Å². The fourth-order valence-corrected chi connectivity index (χ4v) is 4.79. The van der Waals surface area contributed by atoms with Crippen LogP contribution in [-0.4, -0.2) is 50.0 Å². The monoisotopic (exact) mass is 501 g/mol. The summed E-state index contributed by atoms with van der Waals surface area (Å²) in [6.07, 6.45) is 2.26. The zero-order valence-corrected chi connectivity index (χ0v) is 22.8. The Hall–Kier alpha value is -2.87. The van der Waals surface area contributed by atoms with Gasteiger partial charge in [0.15, 0.2) is 0 Å². The summed E-state index contributed by atoms with van der Waals surface area (Å²) in [5, 5.41) is 2.98. The molecule has 0 aromatic heterocycles. The molecule has 0 bridgehead atoms. The van der Waals surface area contributed by atoms with Gasteiger partial charge in [0.05, 0.1) is 11.9 Å². The Kier molecular flexibility index (Phi) is 9.89. The summed E-state index contributed by atoms with van der Waals surface area (Å²) in [5.41, 5.74) is 4.20. The molecule has 0 radical (unpaired) electrons. The molecule has 8 heteroatoms. The van der Waals surface area contributed by atoms with E-state index in [1.807, 2.05) is 71.9 Å². The number of hydrogen-bond donors (Lipinski definition) is 1. The first kappa shape index (κ1) is 28.4. The molecule has 7 nitrogen and oxygen atoms in total. The number of carbonyl (C=O) groups is 2. The summed E-state index contributed by atoms with van der Waals surface area (Å²) in [6, 6.07) is 12.4. The van der Waals surface area contributed by atoms with Crippen molar-refractivity contribution in [1.29, 1.82) is 0 Å². The molecule has 192 valence electrons. The molecule has 35 heavy (non-hydrogen) atoms. The van der Waals surface area contributed by atoms with Gasteiger partial charge in [0.1, 0.15) is 12.6 Å². The highest BCUT2D eigenvalue weighted by Gasteiger charge is 2.32. The number of sulfonamides is 1. The van der Waals surface area contributed by atoms with E-state index in [1.54, 1.807) is 12.1 Å². The average Bonchev–Trinajstić information content (AvgIpc) is 2.76. The molecule has 0 fully saturated rings. The van der Waals surface area contributed by atoms with Crippen LogP contribution < -0.4 is 9.62 Å². The number of nitrogens with one attached hydrogen (secondary N) is 1. The van der Waals surface area contributed by atoms with Gasteiger partial charge < -0.3 is 10.2 Å². The third-order valence-electron chi connectivity index (χ3n) is 6.03.